The van der Waals surface area contributed by atoms with Crippen molar-refractivity contribution in [1.82, 2.24) is 0 Å². The van der Waals surface area contributed by atoms with Crippen LogP contribution < -0.4 is 0 Å². The summed E-state index contributed by atoms with van der Waals surface area (Å²) in [5.74, 6) is 0.199. The molecule has 0 radical (unpaired) electrons. The van der Waals surface area contributed by atoms with Gasteiger partial charge in [0.15, 0.2) is 0 Å². The summed E-state index contributed by atoms with van der Waals surface area (Å²) in [7, 11) is 0. The molecule has 2 aromatic carbocycles. The Hall–Kier alpha value is -2.30. The summed E-state index contributed by atoms with van der Waals surface area (Å²) >= 11 is 0. The van der Waals surface area contributed by atoms with Gasteiger partial charge in [0.1, 0.15) is 11.5 Å². The molecule has 0 bridgehead atoms. The molecule has 1 atom stereocenters. The number of benzene rings is 2. The van der Waals surface area contributed by atoms with Crippen LogP contribution in [0, 0.1) is 0 Å². The highest BCUT2D eigenvalue weighted by Gasteiger charge is 2.12. The van der Waals surface area contributed by atoms with Gasteiger partial charge in [-0.3, -0.25) is 0 Å². The molecule has 0 amide bonds. The molecule has 0 fully saturated rings. The minimum Gasteiger partial charge on any atom is -0.508 e. The number of hydrogen-bond donors (Lipinski definition) is 4. The van der Waals surface area contributed by atoms with Crippen molar-refractivity contribution in [3.05, 3.63) is 60.2 Å². The van der Waals surface area contributed by atoms with Crippen LogP contribution in [0.2, 0.25) is 0 Å². The summed E-state index contributed by atoms with van der Waals surface area (Å²) in [5.41, 5.74) is 2.93. The van der Waals surface area contributed by atoms with Crippen molar-refractivity contribution in [1.29, 1.82) is 0 Å². The molecule has 0 aliphatic rings. The van der Waals surface area contributed by atoms with Crippen LogP contribution in [0.15, 0.2) is 49.1 Å². The Morgan fingerprint density at radius 3 is 2.45 bits per heavy atom. The minimum absolute atomic E-state index is 0.0537. The smallest absolute Gasteiger partial charge is 0.123 e. The van der Waals surface area contributed by atoms with Gasteiger partial charge >= 0.3 is 0 Å². The van der Waals surface area contributed by atoms with E-state index in [0.29, 0.717) is 17.5 Å². The SMILES string of the molecule is C=CCc1ccc(O)c(-c2ccc(O)c(CC(O)CO)c2)c1. The molecule has 0 spiro atoms. The van der Waals surface area contributed by atoms with Crippen LogP contribution in [-0.4, -0.2) is 33.1 Å². The number of rotatable bonds is 6. The van der Waals surface area contributed by atoms with Gasteiger partial charge in [-0.05, 0) is 47.4 Å². The van der Waals surface area contributed by atoms with Crippen molar-refractivity contribution in [3.63, 3.8) is 0 Å². The molecular weight excluding hydrogens is 280 g/mol. The highest BCUT2D eigenvalue weighted by Crippen LogP contribution is 2.33. The zero-order valence-electron chi connectivity index (χ0n) is 12.2. The fourth-order valence-corrected chi connectivity index (χ4v) is 2.34. The first-order valence-electron chi connectivity index (χ1n) is 7.09. The van der Waals surface area contributed by atoms with Crippen LogP contribution in [0.5, 0.6) is 11.5 Å². The van der Waals surface area contributed by atoms with Crippen molar-refractivity contribution in [2.45, 2.75) is 18.9 Å². The van der Waals surface area contributed by atoms with Crippen LogP contribution in [0.25, 0.3) is 11.1 Å². The average Bonchev–Trinajstić information content (AvgIpc) is 2.51. The third kappa shape index (κ3) is 3.67. The van der Waals surface area contributed by atoms with Gasteiger partial charge in [0.2, 0.25) is 0 Å². The summed E-state index contributed by atoms with van der Waals surface area (Å²) in [4.78, 5) is 0. The first-order valence-corrected chi connectivity index (χ1v) is 7.09. The standard InChI is InChI=1S/C18H20O4/c1-2-3-12-4-6-18(22)16(8-12)13-5-7-17(21)14(9-13)10-15(20)11-19/h2,4-9,15,19-22H,1,3,10-11H2. The summed E-state index contributed by atoms with van der Waals surface area (Å²) in [6.07, 6.45) is 1.70. The van der Waals surface area contributed by atoms with Crippen LogP contribution in [0.3, 0.4) is 0 Å². The molecule has 22 heavy (non-hydrogen) atoms. The van der Waals surface area contributed by atoms with Gasteiger partial charge in [0.05, 0.1) is 12.7 Å². The Balaban J connectivity index is 2.42. The number of aliphatic hydroxyl groups is 2. The lowest BCUT2D eigenvalue weighted by Gasteiger charge is -2.12. The third-order valence-corrected chi connectivity index (χ3v) is 3.50. The maximum atomic E-state index is 10.1. The molecule has 2 rings (SSSR count). The molecule has 2 aromatic rings. The second kappa shape index (κ2) is 7.11. The first kappa shape index (κ1) is 16.1. The number of phenols is 2. The van der Waals surface area contributed by atoms with Crippen LogP contribution in [0.1, 0.15) is 11.1 Å². The number of hydrogen-bond acceptors (Lipinski definition) is 4. The fourth-order valence-electron chi connectivity index (χ4n) is 2.34. The topological polar surface area (TPSA) is 80.9 Å². The molecule has 0 saturated heterocycles. The number of aliphatic hydroxyl groups excluding tert-OH is 2. The van der Waals surface area contributed by atoms with E-state index in [9.17, 15) is 15.3 Å². The number of allylic oxidation sites excluding steroid dienone is 1. The summed E-state index contributed by atoms with van der Waals surface area (Å²) in [6.45, 7) is 3.33. The highest BCUT2D eigenvalue weighted by atomic mass is 16.3. The zero-order valence-corrected chi connectivity index (χ0v) is 12.2. The van der Waals surface area contributed by atoms with Crippen molar-refractivity contribution >= 4 is 0 Å². The molecule has 0 aliphatic carbocycles. The molecule has 116 valence electrons. The van der Waals surface area contributed by atoms with Gasteiger partial charge in [0.25, 0.3) is 0 Å². The summed E-state index contributed by atoms with van der Waals surface area (Å²) in [5, 5.41) is 38.4. The van der Waals surface area contributed by atoms with E-state index in [2.05, 4.69) is 6.58 Å². The lowest BCUT2D eigenvalue weighted by molar-refractivity contribution is 0.0950. The minimum atomic E-state index is -0.929. The second-order valence-electron chi connectivity index (χ2n) is 5.23. The van der Waals surface area contributed by atoms with E-state index < -0.39 is 6.10 Å². The van der Waals surface area contributed by atoms with Crippen LogP contribution in [-0.2, 0) is 12.8 Å². The normalized spacial score (nSPS) is 12.1. The molecule has 0 aliphatic heterocycles. The molecule has 4 heteroatoms. The van der Waals surface area contributed by atoms with Crippen molar-refractivity contribution in [3.8, 4) is 22.6 Å². The van der Waals surface area contributed by atoms with Gasteiger partial charge in [-0.25, -0.2) is 0 Å². The third-order valence-electron chi connectivity index (χ3n) is 3.50. The van der Waals surface area contributed by atoms with Crippen molar-refractivity contribution in [2.24, 2.45) is 0 Å². The summed E-state index contributed by atoms with van der Waals surface area (Å²) in [6, 6.07) is 10.3. The lowest BCUT2D eigenvalue weighted by Crippen LogP contribution is -2.15. The average molecular weight is 300 g/mol. The molecular formula is C18H20O4. The van der Waals surface area contributed by atoms with E-state index in [1.807, 2.05) is 12.1 Å². The Kier molecular flexibility index (Phi) is 5.20. The Morgan fingerprint density at radius 1 is 1.05 bits per heavy atom. The number of phenolic OH excluding ortho intramolecular Hbond substituents is 2. The summed E-state index contributed by atoms with van der Waals surface area (Å²) < 4.78 is 0. The molecule has 4 N–H and O–H groups in total. The predicted octanol–water partition coefficient (Wildman–Crippen LogP) is 2.39. The lowest BCUT2D eigenvalue weighted by atomic mass is 9.97. The number of aromatic hydroxyl groups is 2. The van der Waals surface area contributed by atoms with E-state index in [4.69, 9.17) is 5.11 Å². The van der Waals surface area contributed by atoms with Crippen molar-refractivity contribution in [2.75, 3.05) is 6.61 Å². The Morgan fingerprint density at radius 2 is 1.77 bits per heavy atom. The van der Waals surface area contributed by atoms with E-state index in [0.717, 1.165) is 11.1 Å². The van der Waals surface area contributed by atoms with E-state index in [-0.39, 0.29) is 24.5 Å². The molecule has 1 unspecified atom stereocenters. The van der Waals surface area contributed by atoms with Crippen molar-refractivity contribution < 1.29 is 20.4 Å². The fraction of sp³-hybridized carbons (Fsp3) is 0.222. The molecule has 0 heterocycles. The van der Waals surface area contributed by atoms with Gasteiger partial charge < -0.3 is 20.4 Å². The van der Waals surface area contributed by atoms with E-state index in [1.54, 1.807) is 24.3 Å². The quantitative estimate of drug-likeness (QED) is 0.618. The van der Waals surface area contributed by atoms with E-state index in [1.165, 1.54) is 6.07 Å². The highest BCUT2D eigenvalue weighted by molar-refractivity contribution is 5.72. The van der Waals surface area contributed by atoms with Gasteiger partial charge in [-0.1, -0.05) is 18.2 Å². The zero-order chi connectivity index (χ0) is 16.1. The van der Waals surface area contributed by atoms with Gasteiger partial charge in [-0.2, -0.15) is 0 Å². The second-order valence-corrected chi connectivity index (χ2v) is 5.23. The maximum Gasteiger partial charge on any atom is 0.123 e. The molecule has 4 nitrogen and oxygen atoms in total. The Bertz CT molecular complexity index is 664. The molecule has 0 saturated carbocycles. The van der Waals surface area contributed by atoms with Gasteiger partial charge in [0, 0.05) is 12.0 Å². The van der Waals surface area contributed by atoms with Crippen LogP contribution in [0.4, 0.5) is 0 Å². The van der Waals surface area contributed by atoms with E-state index >= 15 is 0 Å². The predicted molar refractivity (Wildman–Crippen MR) is 85.9 cm³/mol. The molecule has 0 aromatic heterocycles. The van der Waals surface area contributed by atoms with Crippen LogP contribution >= 0.6 is 0 Å². The Labute approximate surface area is 129 Å². The maximum absolute atomic E-state index is 10.1. The van der Waals surface area contributed by atoms with Gasteiger partial charge in [-0.15, -0.1) is 6.58 Å². The first-order chi connectivity index (χ1) is 10.5. The monoisotopic (exact) mass is 300 g/mol. The largest absolute Gasteiger partial charge is 0.508 e.